The average molecular weight is 441 g/mol. The molecule has 2 heterocycles. The summed E-state index contributed by atoms with van der Waals surface area (Å²) >= 11 is 0. The standard InChI is InChI=1S/C24H28N2O4S/c27-23(25-19-10-11-19)16-18-17-24(30-22-9-5-4-8-21(18)22)12-14-26(15-13-24)31(28,29)20-6-2-1-3-7-20/h1-9,18-19H,10-17H2,(H,25,27)/t18-/m1/s1. The molecule has 2 aromatic carbocycles. The van der Waals surface area contributed by atoms with Crippen molar-refractivity contribution in [3.63, 3.8) is 0 Å². The lowest BCUT2D eigenvalue weighted by atomic mass is 9.76. The van der Waals surface area contributed by atoms with Crippen molar-refractivity contribution in [2.75, 3.05) is 13.1 Å². The van der Waals surface area contributed by atoms with Crippen LogP contribution in [0.5, 0.6) is 5.75 Å². The lowest BCUT2D eigenvalue weighted by Crippen LogP contribution is -2.52. The van der Waals surface area contributed by atoms with Gasteiger partial charge in [-0.2, -0.15) is 4.31 Å². The maximum Gasteiger partial charge on any atom is 0.243 e. The number of amides is 1. The number of carbonyl (C=O) groups is 1. The van der Waals surface area contributed by atoms with E-state index in [-0.39, 0.29) is 11.8 Å². The fraction of sp³-hybridized carbons (Fsp3) is 0.458. The van der Waals surface area contributed by atoms with Crippen molar-refractivity contribution in [3.8, 4) is 5.75 Å². The molecule has 1 spiro atoms. The predicted molar refractivity (Wildman–Crippen MR) is 117 cm³/mol. The van der Waals surface area contributed by atoms with Gasteiger partial charge in [-0.1, -0.05) is 36.4 Å². The Morgan fingerprint density at radius 2 is 1.71 bits per heavy atom. The van der Waals surface area contributed by atoms with Crippen LogP contribution in [-0.2, 0) is 14.8 Å². The second kappa shape index (κ2) is 7.95. The number of nitrogens with one attached hydrogen (secondary N) is 1. The number of hydrogen-bond acceptors (Lipinski definition) is 4. The highest BCUT2D eigenvalue weighted by molar-refractivity contribution is 7.89. The molecule has 2 aliphatic heterocycles. The molecule has 164 valence electrons. The lowest BCUT2D eigenvalue weighted by Gasteiger charge is -2.46. The number of para-hydroxylation sites is 1. The Balaban J connectivity index is 1.33. The van der Waals surface area contributed by atoms with E-state index in [1.165, 1.54) is 0 Å². The van der Waals surface area contributed by atoms with E-state index in [0.29, 0.717) is 43.3 Å². The number of nitrogens with zero attached hydrogens (tertiary/aromatic N) is 1. The van der Waals surface area contributed by atoms with Crippen molar-refractivity contribution < 1.29 is 17.9 Å². The summed E-state index contributed by atoms with van der Waals surface area (Å²) in [5.41, 5.74) is 0.653. The van der Waals surface area contributed by atoms with Gasteiger partial charge in [0, 0.05) is 44.3 Å². The fourth-order valence-corrected chi connectivity index (χ4v) is 6.31. The lowest BCUT2D eigenvalue weighted by molar-refractivity contribution is -0.122. The smallest absolute Gasteiger partial charge is 0.243 e. The molecule has 0 unspecified atom stereocenters. The summed E-state index contributed by atoms with van der Waals surface area (Å²) in [6.07, 6.45) is 4.58. The quantitative estimate of drug-likeness (QED) is 0.773. The summed E-state index contributed by atoms with van der Waals surface area (Å²) in [4.78, 5) is 12.9. The second-order valence-corrected chi connectivity index (χ2v) is 10.9. The molecule has 3 aliphatic rings. The first-order valence-electron chi connectivity index (χ1n) is 11.1. The van der Waals surface area contributed by atoms with Crippen molar-refractivity contribution in [1.82, 2.24) is 9.62 Å². The molecule has 0 radical (unpaired) electrons. The molecule has 1 saturated carbocycles. The maximum absolute atomic E-state index is 13.0. The van der Waals surface area contributed by atoms with Gasteiger partial charge in [0.1, 0.15) is 11.4 Å². The summed E-state index contributed by atoms with van der Waals surface area (Å²) in [5.74, 6) is 1.02. The van der Waals surface area contributed by atoms with E-state index in [1.807, 2.05) is 30.3 Å². The van der Waals surface area contributed by atoms with Crippen LogP contribution in [0.25, 0.3) is 0 Å². The van der Waals surface area contributed by atoms with Gasteiger partial charge in [0.15, 0.2) is 0 Å². The molecule has 31 heavy (non-hydrogen) atoms. The van der Waals surface area contributed by atoms with E-state index in [2.05, 4.69) is 5.32 Å². The minimum atomic E-state index is -3.50. The molecule has 7 heteroatoms. The van der Waals surface area contributed by atoms with Crippen molar-refractivity contribution in [2.24, 2.45) is 0 Å². The number of ether oxygens (including phenoxy) is 1. The molecule has 6 nitrogen and oxygen atoms in total. The highest BCUT2D eigenvalue weighted by atomic mass is 32.2. The van der Waals surface area contributed by atoms with Gasteiger partial charge in [-0.3, -0.25) is 4.79 Å². The Hall–Kier alpha value is -2.38. The van der Waals surface area contributed by atoms with E-state index in [4.69, 9.17) is 4.74 Å². The zero-order chi connectivity index (χ0) is 21.5. The van der Waals surface area contributed by atoms with Crippen molar-refractivity contribution >= 4 is 15.9 Å². The second-order valence-electron chi connectivity index (χ2n) is 8.99. The van der Waals surface area contributed by atoms with Gasteiger partial charge < -0.3 is 10.1 Å². The number of rotatable bonds is 5. The first-order chi connectivity index (χ1) is 15.0. The van der Waals surface area contributed by atoms with E-state index in [1.54, 1.807) is 28.6 Å². The Kier molecular flexibility index (Phi) is 5.26. The first-order valence-corrected chi connectivity index (χ1v) is 12.5. The van der Waals surface area contributed by atoms with Crippen molar-refractivity contribution in [2.45, 2.75) is 61.0 Å². The third-order valence-corrected chi connectivity index (χ3v) is 8.61. The molecule has 1 atom stereocenters. The normalized spacial score (nSPS) is 23.0. The number of fused-ring (bicyclic) bond motifs is 1. The number of benzene rings is 2. The van der Waals surface area contributed by atoms with Gasteiger partial charge in [-0.05, 0) is 43.0 Å². The number of sulfonamides is 1. The van der Waals surface area contributed by atoms with E-state index in [9.17, 15) is 13.2 Å². The Morgan fingerprint density at radius 1 is 1.03 bits per heavy atom. The van der Waals surface area contributed by atoms with Crippen LogP contribution in [0.15, 0.2) is 59.5 Å². The molecule has 1 amide bonds. The van der Waals surface area contributed by atoms with Crippen LogP contribution in [0.3, 0.4) is 0 Å². The Bertz CT molecular complexity index is 1060. The molecule has 1 N–H and O–H groups in total. The van der Waals surface area contributed by atoms with E-state index in [0.717, 1.165) is 30.6 Å². The monoisotopic (exact) mass is 440 g/mol. The predicted octanol–water partition coefficient (Wildman–Crippen LogP) is 3.44. The maximum atomic E-state index is 13.0. The third-order valence-electron chi connectivity index (χ3n) is 6.69. The first kappa shape index (κ1) is 20.5. The summed E-state index contributed by atoms with van der Waals surface area (Å²) in [5, 5.41) is 3.10. The van der Waals surface area contributed by atoms with Crippen molar-refractivity contribution in [1.29, 1.82) is 0 Å². The molecule has 5 rings (SSSR count). The number of piperidine rings is 1. The van der Waals surface area contributed by atoms with Crippen LogP contribution >= 0.6 is 0 Å². The largest absolute Gasteiger partial charge is 0.487 e. The van der Waals surface area contributed by atoms with Crippen LogP contribution in [0.1, 0.15) is 50.0 Å². The average Bonchev–Trinajstić information content (AvgIpc) is 3.58. The van der Waals surface area contributed by atoms with Gasteiger partial charge in [-0.25, -0.2) is 8.42 Å². The van der Waals surface area contributed by atoms with Crippen LogP contribution in [-0.4, -0.2) is 43.4 Å². The van der Waals surface area contributed by atoms with E-state index < -0.39 is 15.6 Å². The minimum Gasteiger partial charge on any atom is -0.487 e. The zero-order valence-electron chi connectivity index (χ0n) is 17.5. The van der Waals surface area contributed by atoms with Gasteiger partial charge >= 0.3 is 0 Å². The molecule has 2 aromatic rings. The topological polar surface area (TPSA) is 75.7 Å². The molecule has 1 saturated heterocycles. The van der Waals surface area contributed by atoms with Crippen LogP contribution in [0.4, 0.5) is 0 Å². The molecule has 2 fully saturated rings. The van der Waals surface area contributed by atoms with Crippen LogP contribution in [0.2, 0.25) is 0 Å². The molecule has 1 aliphatic carbocycles. The van der Waals surface area contributed by atoms with Gasteiger partial charge in [-0.15, -0.1) is 0 Å². The molecule has 0 aromatic heterocycles. The summed E-state index contributed by atoms with van der Waals surface area (Å²) in [6, 6.07) is 16.9. The Labute approximate surface area is 183 Å². The highest BCUT2D eigenvalue weighted by Gasteiger charge is 2.45. The summed E-state index contributed by atoms with van der Waals surface area (Å²) in [7, 11) is -3.50. The number of carbonyl (C=O) groups excluding carboxylic acids is 1. The SMILES string of the molecule is O=C(C[C@@H]1CC2(CCN(S(=O)(=O)c3ccccc3)CC2)Oc2ccccc21)NC1CC1. The minimum absolute atomic E-state index is 0.0842. The fourth-order valence-electron chi connectivity index (χ4n) is 4.85. The van der Waals surface area contributed by atoms with Gasteiger partial charge in [0.2, 0.25) is 15.9 Å². The highest BCUT2D eigenvalue weighted by Crippen LogP contribution is 2.47. The molecule has 0 bridgehead atoms. The van der Waals surface area contributed by atoms with Crippen LogP contribution in [0, 0.1) is 0 Å². The summed E-state index contributed by atoms with van der Waals surface area (Å²) < 4.78 is 34.1. The molecular weight excluding hydrogens is 412 g/mol. The van der Waals surface area contributed by atoms with Gasteiger partial charge in [0.25, 0.3) is 0 Å². The van der Waals surface area contributed by atoms with E-state index >= 15 is 0 Å². The van der Waals surface area contributed by atoms with Crippen LogP contribution < -0.4 is 10.1 Å². The third kappa shape index (κ3) is 4.21. The zero-order valence-corrected chi connectivity index (χ0v) is 18.3. The van der Waals surface area contributed by atoms with Gasteiger partial charge in [0.05, 0.1) is 4.90 Å². The number of hydrogen-bond donors (Lipinski definition) is 1. The summed E-state index contributed by atoms with van der Waals surface area (Å²) in [6.45, 7) is 0.834. The van der Waals surface area contributed by atoms with Crippen molar-refractivity contribution in [3.05, 3.63) is 60.2 Å². The molecular formula is C24H28N2O4S. The Morgan fingerprint density at radius 3 is 2.42 bits per heavy atom.